The summed E-state index contributed by atoms with van der Waals surface area (Å²) >= 11 is 2.08. The van der Waals surface area contributed by atoms with E-state index < -0.39 is 0 Å². The Balaban J connectivity index is 1.60. The SMILES string of the molecule is CN=C(NCc1ccc2c(c1)OCCCO2)N1CCSC(C(C)C)C1. The van der Waals surface area contributed by atoms with Gasteiger partial charge in [-0.1, -0.05) is 19.9 Å². The Kier molecular flexibility index (Phi) is 6.34. The lowest BCUT2D eigenvalue weighted by molar-refractivity contribution is 0.297. The van der Waals surface area contributed by atoms with Crippen LogP contribution in [0.15, 0.2) is 23.2 Å². The molecular weight excluding hydrogens is 334 g/mol. The van der Waals surface area contributed by atoms with Gasteiger partial charge in [-0.25, -0.2) is 0 Å². The van der Waals surface area contributed by atoms with Crippen LogP contribution in [0.1, 0.15) is 25.8 Å². The molecule has 5 nitrogen and oxygen atoms in total. The normalized spacial score (nSPS) is 21.2. The molecule has 3 rings (SSSR count). The van der Waals surface area contributed by atoms with Crippen molar-refractivity contribution in [3.05, 3.63) is 23.8 Å². The van der Waals surface area contributed by atoms with Gasteiger partial charge in [-0.3, -0.25) is 4.99 Å². The number of fused-ring (bicyclic) bond motifs is 1. The molecule has 1 aromatic rings. The van der Waals surface area contributed by atoms with Crippen LogP contribution in [0, 0.1) is 5.92 Å². The van der Waals surface area contributed by atoms with Crippen molar-refractivity contribution in [2.24, 2.45) is 10.9 Å². The lowest BCUT2D eigenvalue weighted by Gasteiger charge is -2.36. The van der Waals surface area contributed by atoms with Crippen molar-refractivity contribution in [1.82, 2.24) is 10.2 Å². The van der Waals surface area contributed by atoms with Gasteiger partial charge >= 0.3 is 0 Å². The first kappa shape index (κ1) is 18.2. The van der Waals surface area contributed by atoms with Gasteiger partial charge in [0.15, 0.2) is 17.5 Å². The van der Waals surface area contributed by atoms with Gasteiger partial charge in [-0.15, -0.1) is 0 Å². The van der Waals surface area contributed by atoms with Crippen molar-refractivity contribution >= 4 is 17.7 Å². The maximum absolute atomic E-state index is 5.78. The summed E-state index contributed by atoms with van der Waals surface area (Å²) in [6.45, 7) is 8.89. The Labute approximate surface area is 155 Å². The zero-order valence-corrected chi connectivity index (χ0v) is 16.3. The van der Waals surface area contributed by atoms with E-state index in [0.717, 1.165) is 55.9 Å². The predicted octanol–water partition coefficient (Wildman–Crippen LogP) is 3.00. The molecule has 0 bridgehead atoms. The predicted molar refractivity (Wildman–Crippen MR) is 105 cm³/mol. The highest BCUT2D eigenvalue weighted by Gasteiger charge is 2.24. The number of nitrogens with zero attached hydrogens (tertiary/aromatic N) is 2. The number of rotatable bonds is 3. The number of hydrogen-bond acceptors (Lipinski definition) is 4. The summed E-state index contributed by atoms with van der Waals surface area (Å²) in [7, 11) is 1.86. The van der Waals surface area contributed by atoms with Gasteiger partial charge in [0.05, 0.1) is 13.2 Å². The van der Waals surface area contributed by atoms with E-state index in [1.807, 2.05) is 13.1 Å². The molecule has 1 unspecified atom stereocenters. The minimum Gasteiger partial charge on any atom is -0.490 e. The second-order valence-electron chi connectivity index (χ2n) is 6.83. The Morgan fingerprint density at radius 3 is 2.88 bits per heavy atom. The Morgan fingerprint density at radius 2 is 2.12 bits per heavy atom. The summed E-state index contributed by atoms with van der Waals surface area (Å²) in [6.07, 6.45) is 0.929. The number of guanidine groups is 1. The minimum atomic E-state index is 0.672. The molecule has 0 spiro atoms. The molecule has 2 heterocycles. The fourth-order valence-electron chi connectivity index (χ4n) is 3.10. The molecule has 1 saturated heterocycles. The monoisotopic (exact) mass is 363 g/mol. The summed E-state index contributed by atoms with van der Waals surface area (Å²) < 4.78 is 11.5. The zero-order valence-electron chi connectivity index (χ0n) is 15.5. The summed E-state index contributed by atoms with van der Waals surface area (Å²) in [4.78, 5) is 6.87. The first-order chi connectivity index (χ1) is 12.2. The lowest BCUT2D eigenvalue weighted by atomic mass is 10.1. The van der Waals surface area contributed by atoms with Crippen LogP contribution in [0.3, 0.4) is 0 Å². The molecule has 1 atom stereocenters. The molecule has 2 aliphatic rings. The van der Waals surface area contributed by atoms with Gasteiger partial charge in [0.1, 0.15) is 0 Å². The van der Waals surface area contributed by atoms with Crippen molar-refractivity contribution in [1.29, 1.82) is 0 Å². The third-order valence-electron chi connectivity index (χ3n) is 4.61. The highest BCUT2D eigenvalue weighted by Crippen LogP contribution is 2.30. The highest BCUT2D eigenvalue weighted by atomic mass is 32.2. The van der Waals surface area contributed by atoms with E-state index >= 15 is 0 Å². The average molecular weight is 364 g/mol. The Bertz CT molecular complexity index is 606. The fraction of sp³-hybridized carbons (Fsp3) is 0.632. The van der Waals surface area contributed by atoms with Gasteiger partial charge in [0.25, 0.3) is 0 Å². The average Bonchev–Trinajstić information content (AvgIpc) is 2.87. The van der Waals surface area contributed by atoms with Gasteiger partial charge in [0.2, 0.25) is 0 Å². The van der Waals surface area contributed by atoms with Crippen LogP contribution in [-0.2, 0) is 6.54 Å². The van der Waals surface area contributed by atoms with Crippen LogP contribution in [0.25, 0.3) is 0 Å². The third kappa shape index (κ3) is 4.75. The molecule has 1 aromatic carbocycles. The van der Waals surface area contributed by atoms with E-state index in [1.165, 1.54) is 5.56 Å². The molecule has 1 N–H and O–H groups in total. The van der Waals surface area contributed by atoms with Crippen molar-refractivity contribution in [3.8, 4) is 11.5 Å². The summed E-state index contributed by atoms with van der Waals surface area (Å²) in [5.74, 6) is 4.53. The van der Waals surface area contributed by atoms with Gasteiger partial charge in [-0.05, 0) is 23.6 Å². The molecule has 25 heavy (non-hydrogen) atoms. The number of ether oxygens (including phenoxy) is 2. The number of benzene rings is 1. The van der Waals surface area contributed by atoms with E-state index in [1.54, 1.807) is 0 Å². The molecular formula is C19H29N3O2S. The summed E-state index contributed by atoms with van der Waals surface area (Å²) in [5, 5.41) is 4.18. The van der Waals surface area contributed by atoms with Gasteiger partial charge in [-0.2, -0.15) is 11.8 Å². The Morgan fingerprint density at radius 1 is 1.32 bits per heavy atom. The number of hydrogen-bond donors (Lipinski definition) is 1. The van der Waals surface area contributed by atoms with Crippen LogP contribution >= 0.6 is 11.8 Å². The van der Waals surface area contributed by atoms with Crippen LogP contribution in [0.4, 0.5) is 0 Å². The van der Waals surface area contributed by atoms with E-state index in [0.29, 0.717) is 17.8 Å². The maximum atomic E-state index is 5.78. The number of thioether (sulfide) groups is 1. The first-order valence-electron chi connectivity index (χ1n) is 9.13. The summed E-state index contributed by atoms with van der Waals surface area (Å²) in [6, 6.07) is 6.17. The van der Waals surface area contributed by atoms with E-state index in [9.17, 15) is 0 Å². The molecule has 0 aromatic heterocycles. The van der Waals surface area contributed by atoms with Crippen molar-refractivity contribution in [3.63, 3.8) is 0 Å². The molecule has 0 amide bonds. The largest absolute Gasteiger partial charge is 0.490 e. The van der Waals surface area contributed by atoms with Gasteiger partial charge < -0.3 is 19.7 Å². The van der Waals surface area contributed by atoms with Crippen LogP contribution in [-0.4, -0.2) is 55.2 Å². The molecule has 138 valence electrons. The molecule has 1 fully saturated rings. The third-order valence-corrected chi connectivity index (χ3v) is 6.15. The molecule has 0 radical (unpaired) electrons. The lowest BCUT2D eigenvalue weighted by Crippen LogP contribution is -2.48. The van der Waals surface area contributed by atoms with E-state index in [2.05, 4.69) is 53.0 Å². The topological polar surface area (TPSA) is 46.1 Å². The molecule has 0 aliphatic carbocycles. The highest BCUT2D eigenvalue weighted by molar-refractivity contribution is 8.00. The quantitative estimate of drug-likeness (QED) is 0.661. The minimum absolute atomic E-state index is 0.672. The zero-order chi connectivity index (χ0) is 17.6. The Hall–Kier alpha value is -1.56. The number of nitrogens with one attached hydrogen (secondary N) is 1. The van der Waals surface area contributed by atoms with E-state index in [-0.39, 0.29) is 0 Å². The standard InChI is InChI=1S/C19H29N3O2S/c1-14(2)18-13-22(7-10-25-18)19(20-3)21-12-15-5-6-16-17(11-15)24-9-4-8-23-16/h5-6,11,14,18H,4,7-10,12-13H2,1-3H3,(H,20,21). The van der Waals surface area contributed by atoms with Crippen LogP contribution in [0.2, 0.25) is 0 Å². The first-order valence-corrected chi connectivity index (χ1v) is 10.2. The second-order valence-corrected chi connectivity index (χ2v) is 8.18. The van der Waals surface area contributed by atoms with Crippen molar-refractivity contribution < 1.29 is 9.47 Å². The second kappa shape index (κ2) is 8.70. The number of aliphatic imine (C=N–C) groups is 1. The van der Waals surface area contributed by atoms with Crippen LogP contribution in [0.5, 0.6) is 11.5 Å². The van der Waals surface area contributed by atoms with Gasteiger partial charge in [0, 0.05) is 44.1 Å². The van der Waals surface area contributed by atoms with Crippen LogP contribution < -0.4 is 14.8 Å². The summed E-state index contributed by atoms with van der Waals surface area (Å²) in [5.41, 5.74) is 1.18. The smallest absolute Gasteiger partial charge is 0.193 e. The molecule has 2 aliphatic heterocycles. The maximum Gasteiger partial charge on any atom is 0.193 e. The van der Waals surface area contributed by atoms with Crippen molar-refractivity contribution in [2.45, 2.75) is 32.1 Å². The van der Waals surface area contributed by atoms with E-state index in [4.69, 9.17) is 9.47 Å². The molecule has 6 heteroatoms. The van der Waals surface area contributed by atoms with Crippen molar-refractivity contribution in [2.75, 3.05) is 39.1 Å². The molecule has 0 saturated carbocycles. The fourth-order valence-corrected chi connectivity index (χ4v) is 4.40.